The number of anilines is 1. The molecular formula is C18H24N4O2. The highest BCUT2D eigenvalue weighted by molar-refractivity contribution is 5.91. The van der Waals surface area contributed by atoms with Crippen molar-refractivity contribution in [2.24, 2.45) is 0 Å². The van der Waals surface area contributed by atoms with E-state index in [2.05, 4.69) is 28.1 Å². The number of nitrogens with zero attached hydrogens (tertiary/aromatic N) is 4. The van der Waals surface area contributed by atoms with E-state index in [0.29, 0.717) is 11.9 Å². The van der Waals surface area contributed by atoms with Crippen LogP contribution in [-0.4, -0.2) is 38.7 Å². The van der Waals surface area contributed by atoms with E-state index in [-0.39, 0.29) is 5.69 Å². The van der Waals surface area contributed by atoms with Crippen molar-refractivity contribution in [2.45, 2.75) is 52.5 Å². The third-order valence-corrected chi connectivity index (χ3v) is 4.61. The lowest BCUT2D eigenvalue weighted by Crippen LogP contribution is -2.40. The Bertz CT molecular complexity index is 733. The first-order chi connectivity index (χ1) is 11.5. The number of aryl methyl sites for hydroxylation is 2. The van der Waals surface area contributed by atoms with Crippen LogP contribution in [0.3, 0.4) is 0 Å². The van der Waals surface area contributed by atoms with E-state index in [9.17, 15) is 9.90 Å². The molecule has 0 spiro atoms. The number of rotatable bonds is 4. The Morgan fingerprint density at radius 3 is 2.54 bits per heavy atom. The predicted molar refractivity (Wildman–Crippen MR) is 93.1 cm³/mol. The van der Waals surface area contributed by atoms with Crippen molar-refractivity contribution >= 4 is 11.8 Å². The molecule has 0 saturated carbocycles. The summed E-state index contributed by atoms with van der Waals surface area (Å²) >= 11 is 0. The quantitative estimate of drug-likeness (QED) is 0.932. The van der Waals surface area contributed by atoms with E-state index < -0.39 is 5.97 Å². The first-order valence-electron chi connectivity index (χ1n) is 8.55. The van der Waals surface area contributed by atoms with Gasteiger partial charge in [-0.05, 0) is 62.8 Å². The zero-order valence-corrected chi connectivity index (χ0v) is 14.5. The second kappa shape index (κ2) is 6.63. The van der Waals surface area contributed by atoms with E-state index in [0.717, 1.165) is 42.6 Å². The van der Waals surface area contributed by atoms with Gasteiger partial charge < -0.3 is 10.0 Å². The number of carbonyl (C=O) groups is 1. The summed E-state index contributed by atoms with van der Waals surface area (Å²) < 4.78 is 0. The Kier molecular flexibility index (Phi) is 4.55. The monoisotopic (exact) mass is 328 g/mol. The van der Waals surface area contributed by atoms with E-state index in [1.54, 1.807) is 0 Å². The Hall–Kier alpha value is -2.37. The van der Waals surface area contributed by atoms with Crippen LogP contribution in [0.5, 0.6) is 0 Å². The van der Waals surface area contributed by atoms with Crippen LogP contribution in [-0.2, 0) is 0 Å². The molecule has 6 nitrogen and oxygen atoms in total. The average Bonchev–Trinajstić information content (AvgIpc) is 2.99. The molecule has 1 aliphatic rings. The highest BCUT2D eigenvalue weighted by atomic mass is 16.4. The summed E-state index contributed by atoms with van der Waals surface area (Å²) in [6.07, 6.45) is 4.30. The molecule has 1 fully saturated rings. The molecule has 1 N–H and O–H groups in total. The van der Waals surface area contributed by atoms with Crippen molar-refractivity contribution in [3.8, 4) is 5.69 Å². The summed E-state index contributed by atoms with van der Waals surface area (Å²) in [5.74, 6) is -0.533. The first-order valence-corrected chi connectivity index (χ1v) is 8.55. The zero-order valence-electron chi connectivity index (χ0n) is 14.5. The van der Waals surface area contributed by atoms with Gasteiger partial charge in [-0.3, -0.25) is 0 Å². The van der Waals surface area contributed by atoms with Crippen molar-refractivity contribution in [3.63, 3.8) is 0 Å². The fraction of sp³-hybridized carbons (Fsp3) is 0.500. The lowest BCUT2D eigenvalue weighted by molar-refractivity contribution is 0.0690. The van der Waals surface area contributed by atoms with Crippen LogP contribution in [0.1, 0.15) is 54.2 Å². The van der Waals surface area contributed by atoms with E-state index in [1.165, 1.54) is 11.2 Å². The molecule has 2 heterocycles. The third kappa shape index (κ3) is 3.13. The van der Waals surface area contributed by atoms with Gasteiger partial charge in [-0.1, -0.05) is 13.0 Å². The van der Waals surface area contributed by atoms with Gasteiger partial charge in [0.05, 0.1) is 5.69 Å². The lowest BCUT2D eigenvalue weighted by atomic mass is 10.00. The maximum absolute atomic E-state index is 11.7. The van der Waals surface area contributed by atoms with Crippen LogP contribution in [0, 0.1) is 13.8 Å². The molecule has 1 aromatic carbocycles. The maximum Gasteiger partial charge on any atom is 0.360 e. The zero-order chi connectivity index (χ0) is 17.3. The lowest BCUT2D eigenvalue weighted by Gasteiger charge is -2.35. The minimum atomic E-state index is -1.03. The number of aromatic nitrogens is 3. The van der Waals surface area contributed by atoms with Gasteiger partial charge in [0.25, 0.3) is 0 Å². The molecule has 1 unspecified atom stereocenters. The van der Waals surface area contributed by atoms with Crippen LogP contribution in [0.25, 0.3) is 5.69 Å². The largest absolute Gasteiger partial charge is 0.476 e. The Morgan fingerprint density at radius 2 is 1.92 bits per heavy atom. The van der Waals surface area contributed by atoms with Crippen LogP contribution in [0.15, 0.2) is 18.2 Å². The summed E-state index contributed by atoms with van der Waals surface area (Å²) in [6, 6.07) is 6.34. The van der Waals surface area contributed by atoms with Crippen LogP contribution >= 0.6 is 0 Å². The summed E-state index contributed by atoms with van der Waals surface area (Å²) in [4.78, 5) is 15.3. The minimum Gasteiger partial charge on any atom is -0.476 e. The molecule has 2 aromatic rings. The summed E-state index contributed by atoms with van der Waals surface area (Å²) in [5, 5.41) is 18.4. The molecule has 24 heavy (non-hydrogen) atoms. The second-order valence-corrected chi connectivity index (χ2v) is 6.56. The molecule has 128 valence electrons. The van der Waals surface area contributed by atoms with Gasteiger partial charge in [-0.25, -0.2) is 4.79 Å². The van der Waals surface area contributed by atoms with Gasteiger partial charge in [0, 0.05) is 12.6 Å². The van der Waals surface area contributed by atoms with Crippen LogP contribution in [0.2, 0.25) is 0 Å². The van der Waals surface area contributed by atoms with Gasteiger partial charge in [0.2, 0.25) is 5.69 Å². The van der Waals surface area contributed by atoms with Crippen molar-refractivity contribution in [2.75, 3.05) is 11.4 Å². The van der Waals surface area contributed by atoms with E-state index in [4.69, 9.17) is 0 Å². The number of hydrogen-bond acceptors (Lipinski definition) is 4. The molecular weight excluding hydrogens is 304 g/mol. The van der Waals surface area contributed by atoms with Crippen LogP contribution < -0.4 is 4.90 Å². The first kappa shape index (κ1) is 16.5. The van der Waals surface area contributed by atoms with Crippen molar-refractivity contribution in [1.29, 1.82) is 0 Å². The number of carboxylic acid groups (broad SMARTS) is 1. The molecule has 0 radical (unpaired) electrons. The van der Waals surface area contributed by atoms with Crippen molar-refractivity contribution in [1.82, 2.24) is 15.0 Å². The van der Waals surface area contributed by atoms with Gasteiger partial charge in [-0.15, -0.1) is 15.0 Å². The van der Waals surface area contributed by atoms with Crippen molar-refractivity contribution in [3.05, 3.63) is 35.0 Å². The van der Waals surface area contributed by atoms with Crippen LogP contribution in [0.4, 0.5) is 5.82 Å². The fourth-order valence-corrected chi connectivity index (χ4v) is 3.52. The number of hydrogen-bond donors (Lipinski definition) is 1. The number of aromatic carboxylic acids is 1. The highest BCUT2D eigenvalue weighted by Crippen LogP contribution is 2.28. The van der Waals surface area contributed by atoms with E-state index >= 15 is 0 Å². The van der Waals surface area contributed by atoms with Gasteiger partial charge in [0.1, 0.15) is 0 Å². The van der Waals surface area contributed by atoms with Gasteiger partial charge in [-0.2, -0.15) is 0 Å². The molecule has 1 aromatic heterocycles. The Balaban J connectivity index is 2.06. The van der Waals surface area contributed by atoms with Gasteiger partial charge in [0.15, 0.2) is 5.82 Å². The number of carboxylic acids is 1. The molecule has 1 saturated heterocycles. The van der Waals surface area contributed by atoms with Gasteiger partial charge >= 0.3 is 5.97 Å². The Morgan fingerprint density at radius 1 is 1.21 bits per heavy atom. The topological polar surface area (TPSA) is 71.2 Å². The second-order valence-electron chi connectivity index (χ2n) is 6.56. The standard InChI is InChI=1S/C18H24N4O2/c1-4-14-7-5-6-8-21(14)17-16(18(23)24)19-22(20-17)15-10-12(2)9-13(3)11-15/h9-11,14H,4-8H2,1-3H3,(H,23,24). The third-order valence-electron chi connectivity index (χ3n) is 4.61. The van der Waals surface area contributed by atoms with Crippen molar-refractivity contribution < 1.29 is 9.90 Å². The molecule has 0 amide bonds. The molecule has 3 rings (SSSR count). The minimum absolute atomic E-state index is 0.0366. The molecule has 6 heteroatoms. The Labute approximate surface area is 142 Å². The summed E-state index contributed by atoms with van der Waals surface area (Å²) in [5.41, 5.74) is 3.04. The fourth-order valence-electron chi connectivity index (χ4n) is 3.52. The number of benzene rings is 1. The summed E-state index contributed by atoms with van der Waals surface area (Å²) in [7, 11) is 0. The highest BCUT2D eigenvalue weighted by Gasteiger charge is 2.29. The SMILES string of the molecule is CCC1CCCCN1c1nn(-c2cc(C)cc(C)c2)nc1C(=O)O. The molecule has 1 aliphatic heterocycles. The molecule has 0 bridgehead atoms. The summed E-state index contributed by atoms with van der Waals surface area (Å²) in [6.45, 7) is 7.00. The molecule has 0 aliphatic carbocycles. The molecule has 1 atom stereocenters. The smallest absolute Gasteiger partial charge is 0.360 e. The maximum atomic E-state index is 11.7. The predicted octanol–water partition coefficient (Wildman–Crippen LogP) is 3.35. The average molecular weight is 328 g/mol. The van der Waals surface area contributed by atoms with E-state index in [1.807, 2.05) is 26.0 Å². The normalized spacial score (nSPS) is 18.0. The number of piperidine rings is 1.